The van der Waals surface area contributed by atoms with E-state index in [1.54, 1.807) is 13.2 Å². The molecule has 13 nitrogen and oxygen atoms in total. The first-order valence-electron chi connectivity index (χ1n) is 12.0. The van der Waals surface area contributed by atoms with Crippen molar-refractivity contribution >= 4 is 29.2 Å². The molecule has 1 amide bonds. The van der Waals surface area contributed by atoms with Crippen LogP contribution in [0.5, 0.6) is 5.75 Å². The lowest BCUT2D eigenvalue weighted by Crippen LogP contribution is -2.48. The summed E-state index contributed by atoms with van der Waals surface area (Å²) in [6.45, 7) is 6.42. The van der Waals surface area contributed by atoms with Crippen LogP contribution in [0.15, 0.2) is 47.2 Å². The van der Waals surface area contributed by atoms with Crippen molar-refractivity contribution in [2.45, 2.75) is 0 Å². The van der Waals surface area contributed by atoms with Crippen LogP contribution in [0.4, 0.5) is 23.3 Å². The van der Waals surface area contributed by atoms with Crippen molar-refractivity contribution in [2.75, 3.05) is 87.2 Å². The Morgan fingerprint density at radius 1 is 1.11 bits per heavy atom. The third-order valence-corrected chi connectivity index (χ3v) is 6.07. The maximum absolute atomic E-state index is 12.4. The lowest BCUT2D eigenvalue weighted by molar-refractivity contribution is 0.0952. The highest BCUT2D eigenvalue weighted by atomic mass is 16.5. The Labute approximate surface area is 215 Å². The maximum Gasteiger partial charge on any atom is 0.329 e. The monoisotopic (exact) mass is 511 g/mol. The zero-order valence-electron chi connectivity index (χ0n) is 21.1. The quantitative estimate of drug-likeness (QED) is 0.162. The number of hydrazine groups is 1. The molecular weight excluding hydrogens is 478 g/mol. The number of aromatic nitrogens is 3. The van der Waals surface area contributed by atoms with E-state index < -0.39 is 5.91 Å². The molecule has 4 rings (SSSR count). The zero-order valence-corrected chi connectivity index (χ0v) is 21.1. The summed E-state index contributed by atoms with van der Waals surface area (Å²) in [4.78, 5) is 31.4. The Morgan fingerprint density at radius 3 is 2.51 bits per heavy atom. The first-order valence-corrected chi connectivity index (χ1v) is 12.0. The van der Waals surface area contributed by atoms with Crippen LogP contribution in [0.1, 0.15) is 10.7 Å². The number of rotatable bonds is 11. The van der Waals surface area contributed by atoms with E-state index in [0.29, 0.717) is 25.6 Å². The summed E-state index contributed by atoms with van der Waals surface area (Å²) in [6, 6.07) is 9.79. The molecule has 1 aromatic carbocycles. The maximum atomic E-state index is 12.4. The number of benzene rings is 1. The van der Waals surface area contributed by atoms with Crippen LogP contribution >= 0.6 is 0 Å². The van der Waals surface area contributed by atoms with Crippen molar-refractivity contribution in [3.63, 3.8) is 0 Å². The van der Waals surface area contributed by atoms with Crippen molar-refractivity contribution in [2.24, 2.45) is 5.84 Å². The van der Waals surface area contributed by atoms with Gasteiger partial charge in [0.25, 0.3) is 5.89 Å². The summed E-state index contributed by atoms with van der Waals surface area (Å²) in [5.74, 6) is 6.74. The number of oxazole rings is 1. The molecule has 4 N–H and O–H groups in total. The Bertz CT molecular complexity index is 1140. The molecule has 13 heteroatoms. The molecule has 1 saturated heterocycles. The lowest BCUT2D eigenvalue weighted by Gasteiger charge is -2.36. The molecule has 3 heterocycles. The molecule has 2 aromatic heterocycles. The molecule has 198 valence electrons. The fourth-order valence-corrected chi connectivity index (χ4v) is 3.93. The Morgan fingerprint density at radius 2 is 1.84 bits per heavy atom. The number of nitrogens with zero attached hydrogens (tertiary/aromatic N) is 7. The van der Waals surface area contributed by atoms with Crippen molar-refractivity contribution in [3.05, 3.63) is 48.7 Å². The van der Waals surface area contributed by atoms with Crippen LogP contribution in [0.2, 0.25) is 0 Å². The number of ether oxygens (including phenoxy) is 2. The van der Waals surface area contributed by atoms with Gasteiger partial charge < -0.3 is 29.4 Å². The van der Waals surface area contributed by atoms with E-state index in [2.05, 4.69) is 36.9 Å². The molecule has 0 bridgehead atoms. The van der Waals surface area contributed by atoms with Gasteiger partial charge in [-0.25, -0.2) is 15.8 Å². The molecule has 0 atom stereocenters. The van der Waals surface area contributed by atoms with E-state index in [9.17, 15) is 4.79 Å². The summed E-state index contributed by atoms with van der Waals surface area (Å²) in [6.07, 6.45) is 2.66. The summed E-state index contributed by atoms with van der Waals surface area (Å²) in [5.41, 5.74) is 7.08. The lowest BCUT2D eigenvalue weighted by atomic mass is 10.2. The van der Waals surface area contributed by atoms with Crippen molar-refractivity contribution in [1.82, 2.24) is 19.9 Å². The number of methoxy groups -OCH3 is 1. The fraction of sp³-hybridized carbons (Fsp3) is 0.417. The summed E-state index contributed by atoms with van der Waals surface area (Å²) < 4.78 is 15.7. The Hall–Kier alpha value is -3.94. The number of hydrogen-bond donors (Lipinski definition) is 2. The number of anilines is 4. The minimum Gasteiger partial charge on any atom is -0.491 e. The summed E-state index contributed by atoms with van der Waals surface area (Å²) in [5, 5.41) is 0.846. The van der Waals surface area contributed by atoms with Crippen molar-refractivity contribution < 1.29 is 18.7 Å². The van der Waals surface area contributed by atoms with Gasteiger partial charge in [-0.05, 0) is 24.3 Å². The first-order chi connectivity index (χ1) is 17.9. The number of piperazine rings is 1. The molecule has 0 radical (unpaired) electrons. The standard InChI is InChI=1S/C24H33N9O4/c1-30(20-17-21(29-24(25)28-20)33(26)23(34)22-27-7-14-37-22)8-9-31-10-12-32(13-11-31)18-3-5-19(6-4-18)36-16-15-35-2/h3-7,14,17H,8-13,15-16,26H2,1-2H3,(H2,25,28,29). The van der Waals surface area contributed by atoms with Crippen molar-refractivity contribution in [1.29, 1.82) is 0 Å². The van der Waals surface area contributed by atoms with Gasteiger partial charge in [0.05, 0.1) is 12.8 Å². The van der Waals surface area contributed by atoms with Gasteiger partial charge in [-0.1, -0.05) is 0 Å². The number of nitrogens with two attached hydrogens (primary N) is 2. The Kier molecular flexibility index (Phi) is 8.72. The number of hydrogen-bond acceptors (Lipinski definition) is 12. The molecule has 37 heavy (non-hydrogen) atoms. The second-order valence-electron chi connectivity index (χ2n) is 8.54. The molecular formula is C24H33N9O4. The first kappa shape index (κ1) is 26.1. The molecule has 1 fully saturated rings. The van der Waals surface area contributed by atoms with Crippen LogP contribution in [0, 0.1) is 0 Å². The second-order valence-corrected chi connectivity index (χ2v) is 8.54. The number of likely N-dealkylation sites (N-methyl/N-ethyl adjacent to an activating group) is 1. The number of carbonyl (C=O) groups excluding carboxylic acids is 1. The summed E-state index contributed by atoms with van der Waals surface area (Å²) in [7, 11) is 3.57. The van der Waals surface area contributed by atoms with E-state index in [0.717, 1.165) is 43.5 Å². The third kappa shape index (κ3) is 6.84. The minimum atomic E-state index is -0.636. The van der Waals surface area contributed by atoms with E-state index in [1.807, 2.05) is 24.1 Å². The highest BCUT2D eigenvalue weighted by Crippen LogP contribution is 2.22. The molecule has 0 aliphatic carbocycles. The van der Waals surface area contributed by atoms with Gasteiger partial charge >= 0.3 is 5.91 Å². The van der Waals surface area contributed by atoms with Gasteiger partial charge in [0.2, 0.25) is 5.95 Å². The van der Waals surface area contributed by atoms with E-state index >= 15 is 0 Å². The molecule has 0 unspecified atom stereocenters. The third-order valence-electron chi connectivity index (χ3n) is 6.07. The molecule has 1 aliphatic heterocycles. The minimum absolute atomic E-state index is 0.0127. The van der Waals surface area contributed by atoms with Gasteiger partial charge in [0.1, 0.15) is 24.4 Å². The topological polar surface area (TPSA) is 152 Å². The number of amides is 1. The highest BCUT2D eigenvalue weighted by Gasteiger charge is 2.22. The van der Waals surface area contributed by atoms with Crippen molar-refractivity contribution in [3.8, 4) is 5.75 Å². The normalized spacial score (nSPS) is 14.0. The van der Waals surface area contributed by atoms with Gasteiger partial charge in [-0.2, -0.15) is 9.97 Å². The van der Waals surface area contributed by atoms with Gasteiger partial charge in [-0.3, -0.25) is 9.69 Å². The molecule has 1 aliphatic rings. The average molecular weight is 512 g/mol. The van der Waals surface area contributed by atoms with E-state index in [-0.39, 0.29) is 17.7 Å². The fourth-order valence-electron chi connectivity index (χ4n) is 3.93. The highest BCUT2D eigenvalue weighted by molar-refractivity contribution is 6.01. The second kappa shape index (κ2) is 12.3. The smallest absolute Gasteiger partial charge is 0.329 e. The van der Waals surface area contributed by atoms with Crippen LogP contribution in [-0.4, -0.2) is 92.4 Å². The van der Waals surface area contributed by atoms with Gasteiger partial charge in [-0.15, -0.1) is 0 Å². The molecule has 0 saturated carbocycles. The van der Waals surface area contributed by atoms with Crippen LogP contribution < -0.4 is 31.1 Å². The summed E-state index contributed by atoms with van der Waals surface area (Å²) >= 11 is 0. The van der Waals surface area contributed by atoms with E-state index in [4.69, 9.17) is 25.5 Å². The Balaban J connectivity index is 1.27. The van der Waals surface area contributed by atoms with Crippen LogP contribution in [0.3, 0.4) is 0 Å². The average Bonchev–Trinajstić information content (AvgIpc) is 3.46. The van der Waals surface area contributed by atoms with Gasteiger partial charge in [0.15, 0.2) is 5.82 Å². The number of nitrogen functional groups attached to an aromatic ring is 1. The zero-order chi connectivity index (χ0) is 26.2. The number of carbonyl (C=O) groups is 1. The predicted molar refractivity (Wildman–Crippen MR) is 140 cm³/mol. The van der Waals surface area contributed by atoms with Gasteiger partial charge in [0, 0.05) is 65.2 Å². The van der Waals surface area contributed by atoms with Crippen LogP contribution in [0.25, 0.3) is 0 Å². The molecule has 3 aromatic rings. The predicted octanol–water partition coefficient (Wildman–Crippen LogP) is 0.851. The largest absolute Gasteiger partial charge is 0.491 e. The SMILES string of the molecule is COCCOc1ccc(N2CCN(CCN(C)c3cc(N(N)C(=O)c4ncco4)nc(N)n3)CC2)cc1. The van der Waals surface area contributed by atoms with Crippen LogP contribution in [-0.2, 0) is 4.74 Å². The molecule has 0 spiro atoms. The van der Waals surface area contributed by atoms with E-state index in [1.165, 1.54) is 18.1 Å².